The minimum Gasteiger partial charge on any atom is -0.395 e. The van der Waals surface area contributed by atoms with E-state index in [0.29, 0.717) is 18.8 Å². The van der Waals surface area contributed by atoms with Gasteiger partial charge >= 0.3 is 0 Å². The highest BCUT2D eigenvalue weighted by atomic mass is 32.2. The van der Waals surface area contributed by atoms with Gasteiger partial charge in [0, 0.05) is 49.4 Å². The lowest BCUT2D eigenvalue weighted by atomic mass is 9.93. The van der Waals surface area contributed by atoms with Crippen LogP contribution in [0.3, 0.4) is 0 Å². The lowest BCUT2D eigenvalue weighted by molar-refractivity contribution is 0.195. The Morgan fingerprint density at radius 3 is 2.74 bits per heavy atom. The molecule has 27 heavy (non-hydrogen) atoms. The molecule has 0 unspecified atom stereocenters. The van der Waals surface area contributed by atoms with Gasteiger partial charge in [0.05, 0.1) is 17.2 Å². The van der Waals surface area contributed by atoms with Crippen LogP contribution in [0.5, 0.6) is 0 Å². The first-order chi connectivity index (χ1) is 13.0. The number of halogens is 1. The summed E-state index contributed by atoms with van der Waals surface area (Å²) in [6, 6.07) is 6.41. The number of aliphatic hydroxyl groups is 1. The Balaban J connectivity index is 1.56. The molecule has 1 saturated heterocycles. The number of piperazine rings is 1. The fourth-order valence-electron chi connectivity index (χ4n) is 3.48. The van der Waals surface area contributed by atoms with E-state index in [1.54, 1.807) is 36.5 Å². The zero-order chi connectivity index (χ0) is 19.0. The van der Waals surface area contributed by atoms with Crippen LogP contribution < -0.4 is 5.32 Å². The van der Waals surface area contributed by atoms with E-state index in [9.17, 15) is 17.9 Å². The van der Waals surface area contributed by atoms with Gasteiger partial charge in [0.25, 0.3) is 0 Å². The second-order valence-corrected chi connectivity index (χ2v) is 8.65. The SMILES string of the molecule is O=S(=O)(c1ccc(C2=CN=C3CC(F)=CC=C23)cc1)N1CCN[C@H](CO)C1. The largest absolute Gasteiger partial charge is 0.395 e. The van der Waals surface area contributed by atoms with Gasteiger partial charge in [-0.2, -0.15) is 4.31 Å². The average molecular weight is 389 g/mol. The van der Waals surface area contributed by atoms with Crippen LogP contribution in [-0.2, 0) is 10.0 Å². The maximum Gasteiger partial charge on any atom is 0.243 e. The molecule has 1 aliphatic carbocycles. The van der Waals surface area contributed by atoms with Crippen LogP contribution in [0.2, 0.25) is 0 Å². The van der Waals surface area contributed by atoms with Crippen molar-refractivity contribution in [3.05, 3.63) is 59.6 Å². The first-order valence-electron chi connectivity index (χ1n) is 8.78. The minimum absolute atomic E-state index is 0.106. The number of benzene rings is 1. The van der Waals surface area contributed by atoms with Gasteiger partial charge in [-0.3, -0.25) is 4.99 Å². The molecule has 1 aromatic carbocycles. The summed E-state index contributed by atoms with van der Waals surface area (Å²) in [5, 5.41) is 12.4. The number of sulfonamides is 1. The van der Waals surface area contributed by atoms with Crippen molar-refractivity contribution < 1.29 is 17.9 Å². The molecule has 1 fully saturated rings. The van der Waals surface area contributed by atoms with Gasteiger partial charge in [-0.05, 0) is 29.8 Å². The molecule has 2 aliphatic heterocycles. The summed E-state index contributed by atoms with van der Waals surface area (Å²) in [6.45, 7) is 1.01. The monoisotopic (exact) mass is 389 g/mol. The Morgan fingerprint density at radius 2 is 2.00 bits per heavy atom. The molecule has 0 bridgehead atoms. The van der Waals surface area contributed by atoms with Crippen molar-refractivity contribution >= 4 is 21.3 Å². The van der Waals surface area contributed by atoms with E-state index in [0.717, 1.165) is 16.7 Å². The summed E-state index contributed by atoms with van der Waals surface area (Å²) in [7, 11) is -3.62. The Labute approximate surface area is 157 Å². The van der Waals surface area contributed by atoms with Crippen LogP contribution in [-0.4, -0.2) is 55.8 Å². The normalized spacial score (nSPS) is 23.3. The smallest absolute Gasteiger partial charge is 0.243 e. The third-order valence-corrected chi connectivity index (χ3v) is 6.84. The Bertz CT molecular complexity index is 978. The van der Waals surface area contributed by atoms with E-state index in [-0.39, 0.29) is 36.3 Å². The second kappa shape index (κ2) is 7.12. The quantitative estimate of drug-likeness (QED) is 0.820. The summed E-state index contributed by atoms with van der Waals surface area (Å²) in [4.78, 5) is 4.49. The topological polar surface area (TPSA) is 82.0 Å². The van der Waals surface area contributed by atoms with Crippen molar-refractivity contribution in [1.29, 1.82) is 0 Å². The number of rotatable bonds is 4. The maximum atomic E-state index is 13.4. The zero-order valence-corrected chi connectivity index (χ0v) is 15.4. The fourth-order valence-corrected chi connectivity index (χ4v) is 4.96. The summed E-state index contributed by atoms with van der Waals surface area (Å²) < 4.78 is 40.5. The molecular formula is C19H20FN3O3S. The molecule has 0 saturated carbocycles. The van der Waals surface area contributed by atoms with Crippen LogP contribution in [0, 0.1) is 0 Å². The van der Waals surface area contributed by atoms with Crippen molar-refractivity contribution in [2.75, 3.05) is 26.2 Å². The maximum absolute atomic E-state index is 13.4. The van der Waals surface area contributed by atoms with Crippen molar-refractivity contribution in [1.82, 2.24) is 9.62 Å². The number of fused-ring (bicyclic) bond motifs is 1. The fraction of sp³-hybridized carbons (Fsp3) is 0.316. The highest BCUT2D eigenvalue weighted by molar-refractivity contribution is 7.89. The van der Waals surface area contributed by atoms with Crippen LogP contribution >= 0.6 is 0 Å². The van der Waals surface area contributed by atoms with Gasteiger partial charge in [0.15, 0.2) is 0 Å². The van der Waals surface area contributed by atoms with Crippen molar-refractivity contribution in [3.63, 3.8) is 0 Å². The lowest BCUT2D eigenvalue weighted by Gasteiger charge is -2.31. The highest BCUT2D eigenvalue weighted by Crippen LogP contribution is 2.34. The predicted octanol–water partition coefficient (Wildman–Crippen LogP) is 1.62. The van der Waals surface area contributed by atoms with Gasteiger partial charge in [0.1, 0.15) is 5.83 Å². The molecule has 142 valence electrons. The Hall–Kier alpha value is -2.13. The molecule has 8 heteroatoms. The van der Waals surface area contributed by atoms with Gasteiger partial charge in [-0.1, -0.05) is 12.1 Å². The van der Waals surface area contributed by atoms with Crippen LogP contribution in [0.1, 0.15) is 12.0 Å². The van der Waals surface area contributed by atoms with Crippen LogP contribution in [0.25, 0.3) is 5.57 Å². The molecular weight excluding hydrogens is 369 g/mol. The molecule has 1 atom stereocenters. The molecule has 2 heterocycles. The first kappa shape index (κ1) is 18.2. The number of aliphatic hydroxyl groups excluding tert-OH is 1. The lowest BCUT2D eigenvalue weighted by Crippen LogP contribution is -2.53. The number of allylic oxidation sites excluding steroid dienone is 5. The average Bonchev–Trinajstić information content (AvgIpc) is 3.11. The second-order valence-electron chi connectivity index (χ2n) is 6.71. The van der Waals surface area contributed by atoms with Gasteiger partial charge in [-0.25, -0.2) is 12.8 Å². The Morgan fingerprint density at radius 1 is 1.22 bits per heavy atom. The van der Waals surface area contributed by atoms with E-state index in [4.69, 9.17) is 0 Å². The number of nitrogens with one attached hydrogen (secondary N) is 1. The van der Waals surface area contributed by atoms with E-state index < -0.39 is 10.0 Å². The van der Waals surface area contributed by atoms with Crippen molar-refractivity contribution in [2.24, 2.45) is 4.99 Å². The molecule has 0 amide bonds. The Kier molecular flexibility index (Phi) is 4.81. The molecule has 6 nitrogen and oxygen atoms in total. The number of hydrogen-bond donors (Lipinski definition) is 2. The summed E-state index contributed by atoms with van der Waals surface area (Å²) >= 11 is 0. The van der Waals surface area contributed by atoms with Crippen molar-refractivity contribution in [2.45, 2.75) is 17.4 Å². The number of nitrogens with zero attached hydrogens (tertiary/aromatic N) is 2. The van der Waals surface area contributed by atoms with E-state index >= 15 is 0 Å². The molecule has 2 N–H and O–H groups in total. The van der Waals surface area contributed by atoms with Crippen molar-refractivity contribution in [3.8, 4) is 0 Å². The highest BCUT2D eigenvalue weighted by Gasteiger charge is 2.30. The molecule has 1 aromatic rings. The van der Waals surface area contributed by atoms with E-state index in [2.05, 4.69) is 10.3 Å². The van der Waals surface area contributed by atoms with Crippen LogP contribution in [0.15, 0.2) is 63.9 Å². The molecule has 0 spiro atoms. The van der Waals surface area contributed by atoms with Crippen LogP contribution in [0.4, 0.5) is 4.39 Å². The predicted molar refractivity (Wildman–Crippen MR) is 101 cm³/mol. The summed E-state index contributed by atoms with van der Waals surface area (Å²) in [5.41, 5.74) is 3.26. The molecule has 3 aliphatic rings. The molecule has 0 aromatic heterocycles. The summed E-state index contributed by atoms with van der Waals surface area (Å²) in [5.74, 6) is -0.217. The third-order valence-electron chi connectivity index (χ3n) is 4.96. The third kappa shape index (κ3) is 3.41. The van der Waals surface area contributed by atoms with E-state index in [1.165, 1.54) is 10.4 Å². The van der Waals surface area contributed by atoms with Gasteiger partial charge < -0.3 is 10.4 Å². The molecule has 0 radical (unpaired) electrons. The number of hydrogen-bond acceptors (Lipinski definition) is 5. The number of aliphatic imine (C=N–C) groups is 1. The zero-order valence-electron chi connectivity index (χ0n) is 14.6. The molecule has 4 rings (SSSR count). The first-order valence-corrected chi connectivity index (χ1v) is 10.2. The summed E-state index contributed by atoms with van der Waals surface area (Å²) in [6.07, 6.45) is 5.03. The van der Waals surface area contributed by atoms with E-state index in [1.807, 2.05) is 0 Å². The van der Waals surface area contributed by atoms with Gasteiger partial charge in [0.2, 0.25) is 10.0 Å². The minimum atomic E-state index is -3.62. The van der Waals surface area contributed by atoms with Gasteiger partial charge in [-0.15, -0.1) is 0 Å². The standard InChI is InChI=1S/C19H20FN3O3S/c20-14-3-6-17-18(10-22-19(17)9-14)13-1-4-16(5-2-13)27(25,26)23-8-7-21-15(11-23)12-24/h1-6,10,15,21,24H,7-9,11-12H2/t15-/m0/s1.